The second-order valence-corrected chi connectivity index (χ2v) is 4.57. The molecule has 0 aliphatic heterocycles. The molecule has 0 spiro atoms. The molecule has 0 radical (unpaired) electrons. The summed E-state index contributed by atoms with van der Waals surface area (Å²) in [5.41, 5.74) is 1.41. The fraction of sp³-hybridized carbons (Fsp3) is 0.111. The highest BCUT2D eigenvalue weighted by Crippen LogP contribution is 2.30. The number of H-pyrrole nitrogens is 1. The van der Waals surface area contributed by atoms with Gasteiger partial charge < -0.3 is 4.42 Å². The van der Waals surface area contributed by atoms with E-state index in [9.17, 15) is 0 Å². The maximum absolute atomic E-state index is 5.82. The fourth-order valence-corrected chi connectivity index (χ4v) is 2.38. The molecule has 3 aromatic rings. The molecule has 3 rings (SSSR count). The zero-order valence-corrected chi connectivity index (χ0v) is 10.2. The maximum Gasteiger partial charge on any atom is 0.262 e. The molecule has 0 saturated heterocycles. The summed E-state index contributed by atoms with van der Waals surface area (Å²) in [7, 11) is 0. The van der Waals surface area contributed by atoms with Gasteiger partial charge in [0.15, 0.2) is 5.65 Å². The van der Waals surface area contributed by atoms with Gasteiger partial charge in [0.25, 0.3) is 5.22 Å². The summed E-state index contributed by atoms with van der Waals surface area (Å²) in [6.45, 7) is 1.86. The van der Waals surface area contributed by atoms with Crippen molar-refractivity contribution >= 4 is 34.4 Å². The molecular weight excluding hydrogens is 262 g/mol. The zero-order chi connectivity index (χ0) is 11.8. The molecule has 0 aliphatic rings. The summed E-state index contributed by atoms with van der Waals surface area (Å²) in [5, 5.41) is 8.76. The standard InChI is InChI=1S/C9H6ClN5OS/c1-4-3-16-9(12-4)17-7-5-2-11-15-6(5)13-8(10)14-7/h2-3H,1H3,(H,11,13,14,15). The van der Waals surface area contributed by atoms with Crippen LogP contribution in [-0.4, -0.2) is 25.1 Å². The van der Waals surface area contributed by atoms with E-state index >= 15 is 0 Å². The van der Waals surface area contributed by atoms with Gasteiger partial charge in [0.1, 0.15) is 11.3 Å². The van der Waals surface area contributed by atoms with E-state index in [0.29, 0.717) is 15.9 Å². The molecule has 6 nitrogen and oxygen atoms in total. The molecule has 17 heavy (non-hydrogen) atoms. The van der Waals surface area contributed by atoms with Crippen molar-refractivity contribution in [1.29, 1.82) is 0 Å². The Morgan fingerprint density at radius 2 is 2.24 bits per heavy atom. The second-order valence-electron chi connectivity index (χ2n) is 3.29. The quantitative estimate of drug-likeness (QED) is 0.567. The third kappa shape index (κ3) is 1.98. The van der Waals surface area contributed by atoms with Crippen LogP contribution in [0.5, 0.6) is 0 Å². The molecule has 0 fully saturated rings. The first-order valence-electron chi connectivity index (χ1n) is 4.69. The number of halogens is 1. The number of aryl methyl sites for hydroxylation is 1. The van der Waals surface area contributed by atoms with E-state index in [4.69, 9.17) is 16.0 Å². The van der Waals surface area contributed by atoms with E-state index in [0.717, 1.165) is 11.1 Å². The summed E-state index contributed by atoms with van der Waals surface area (Å²) in [4.78, 5) is 12.3. The minimum absolute atomic E-state index is 0.160. The monoisotopic (exact) mass is 267 g/mol. The first kappa shape index (κ1) is 10.5. The second kappa shape index (κ2) is 4.01. The van der Waals surface area contributed by atoms with E-state index in [-0.39, 0.29) is 5.28 Å². The fourth-order valence-electron chi connectivity index (χ4n) is 1.32. The third-order valence-corrected chi connectivity index (χ3v) is 3.07. The number of rotatable bonds is 2. The smallest absolute Gasteiger partial charge is 0.262 e. The predicted octanol–water partition coefficient (Wildman–Crippen LogP) is 2.45. The average molecular weight is 268 g/mol. The van der Waals surface area contributed by atoms with E-state index in [1.54, 1.807) is 12.5 Å². The van der Waals surface area contributed by atoms with Gasteiger partial charge in [-0.15, -0.1) is 0 Å². The van der Waals surface area contributed by atoms with Crippen LogP contribution < -0.4 is 0 Å². The first-order chi connectivity index (χ1) is 8.22. The molecule has 3 aromatic heterocycles. The molecule has 86 valence electrons. The lowest BCUT2D eigenvalue weighted by molar-refractivity contribution is 0.454. The molecule has 1 N–H and O–H groups in total. The summed E-state index contributed by atoms with van der Waals surface area (Å²) in [6, 6.07) is 0. The predicted molar refractivity (Wildman–Crippen MR) is 62.1 cm³/mol. The molecule has 8 heteroatoms. The van der Waals surface area contributed by atoms with Crippen LogP contribution in [-0.2, 0) is 0 Å². The van der Waals surface area contributed by atoms with Crippen LogP contribution >= 0.6 is 23.4 Å². The van der Waals surface area contributed by atoms with Gasteiger partial charge in [-0.3, -0.25) is 5.10 Å². The molecule has 0 saturated carbocycles. The van der Waals surface area contributed by atoms with Gasteiger partial charge in [0.05, 0.1) is 17.3 Å². The number of hydrogen-bond acceptors (Lipinski definition) is 6. The first-order valence-corrected chi connectivity index (χ1v) is 5.88. The van der Waals surface area contributed by atoms with Crippen LogP contribution in [0.4, 0.5) is 0 Å². The SMILES string of the molecule is Cc1coc(Sc2nc(Cl)nc3[nH]ncc23)n1. The summed E-state index contributed by atoms with van der Waals surface area (Å²) < 4.78 is 5.25. The van der Waals surface area contributed by atoms with Gasteiger partial charge in [-0.25, -0.2) is 9.97 Å². The molecule has 0 amide bonds. The Morgan fingerprint density at radius 1 is 1.35 bits per heavy atom. The number of oxazole rings is 1. The van der Waals surface area contributed by atoms with Crippen molar-refractivity contribution in [3.8, 4) is 0 Å². The van der Waals surface area contributed by atoms with Crippen molar-refractivity contribution in [3.63, 3.8) is 0 Å². The summed E-state index contributed by atoms with van der Waals surface area (Å²) >= 11 is 7.10. The van der Waals surface area contributed by atoms with E-state index in [2.05, 4.69) is 25.1 Å². The van der Waals surface area contributed by atoms with Gasteiger partial charge in [-0.05, 0) is 30.3 Å². The summed E-state index contributed by atoms with van der Waals surface area (Å²) in [5.74, 6) is 0. The topological polar surface area (TPSA) is 80.5 Å². The van der Waals surface area contributed by atoms with Crippen molar-refractivity contribution < 1.29 is 4.42 Å². The number of aromatic nitrogens is 5. The van der Waals surface area contributed by atoms with E-state index in [1.807, 2.05) is 6.92 Å². The molecule has 0 aromatic carbocycles. The number of nitrogens with zero attached hydrogens (tertiary/aromatic N) is 4. The van der Waals surface area contributed by atoms with Gasteiger partial charge in [0, 0.05) is 0 Å². The number of fused-ring (bicyclic) bond motifs is 1. The molecule has 0 atom stereocenters. The average Bonchev–Trinajstić information content (AvgIpc) is 2.87. The van der Waals surface area contributed by atoms with Gasteiger partial charge >= 0.3 is 0 Å². The van der Waals surface area contributed by atoms with E-state index in [1.165, 1.54) is 11.8 Å². The molecule has 0 unspecified atom stereocenters. The van der Waals surface area contributed by atoms with Crippen LogP contribution in [0, 0.1) is 6.92 Å². The maximum atomic E-state index is 5.82. The Kier molecular flexibility index (Phi) is 2.49. The van der Waals surface area contributed by atoms with Crippen molar-refractivity contribution in [2.45, 2.75) is 17.2 Å². The highest BCUT2D eigenvalue weighted by molar-refractivity contribution is 7.99. The Hall–Kier alpha value is -1.60. The number of nitrogens with one attached hydrogen (secondary N) is 1. The van der Waals surface area contributed by atoms with Crippen molar-refractivity contribution in [3.05, 3.63) is 23.4 Å². The lowest BCUT2D eigenvalue weighted by atomic mass is 10.4. The van der Waals surface area contributed by atoms with Crippen molar-refractivity contribution in [1.82, 2.24) is 25.1 Å². The summed E-state index contributed by atoms with van der Waals surface area (Å²) in [6.07, 6.45) is 3.22. The zero-order valence-electron chi connectivity index (χ0n) is 8.64. The minimum Gasteiger partial charge on any atom is -0.439 e. The molecular formula is C9H6ClN5OS. The number of hydrogen-bond donors (Lipinski definition) is 1. The molecule has 3 heterocycles. The highest BCUT2D eigenvalue weighted by atomic mass is 35.5. The lowest BCUT2D eigenvalue weighted by Gasteiger charge is -1.98. The largest absolute Gasteiger partial charge is 0.439 e. The van der Waals surface area contributed by atoms with Crippen LogP contribution in [0.15, 0.2) is 27.1 Å². The Morgan fingerprint density at radius 3 is 3.00 bits per heavy atom. The normalized spacial score (nSPS) is 11.2. The van der Waals surface area contributed by atoms with Crippen LogP contribution in [0.2, 0.25) is 5.28 Å². The van der Waals surface area contributed by atoms with Crippen LogP contribution in [0.1, 0.15) is 5.69 Å². The molecule has 0 bridgehead atoms. The van der Waals surface area contributed by atoms with Crippen molar-refractivity contribution in [2.75, 3.05) is 0 Å². The number of aromatic amines is 1. The van der Waals surface area contributed by atoms with Crippen LogP contribution in [0.25, 0.3) is 11.0 Å². The highest BCUT2D eigenvalue weighted by Gasteiger charge is 2.12. The Bertz CT molecular complexity index is 679. The van der Waals surface area contributed by atoms with Gasteiger partial charge in [-0.2, -0.15) is 10.1 Å². The molecule has 0 aliphatic carbocycles. The minimum atomic E-state index is 0.160. The Labute approximate surface area is 105 Å². The lowest BCUT2D eigenvalue weighted by Crippen LogP contribution is -1.87. The third-order valence-electron chi connectivity index (χ3n) is 2.03. The van der Waals surface area contributed by atoms with E-state index < -0.39 is 0 Å². The Balaban J connectivity index is 2.07. The van der Waals surface area contributed by atoms with Gasteiger partial charge in [-0.1, -0.05) is 0 Å². The van der Waals surface area contributed by atoms with Crippen molar-refractivity contribution in [2.24, 2.45) is 0 Å². The van der Waals surface area contributed by atoms with Crippen LogP contribution in [0.3, 0.4) is 0 Å². The van der Waals surface area contributed by atoms with Gasteiger partial charge in [0.2, 0.25) is 5.28 Å².